The Kier molecular flexibility index (Phi) is 7.59. The average Bonchev–Trinajstić information content (AvgIpc) is 3.26. The van der Waals surface area contributed by atoms with Crippen LogP contribution in [0.5, 0.6) is 0 Å². The van der Waals surface area contributed by atoms with Crippen molar-refractivity contribution in [1.29, 1.82) is 0 Å². The predicted molar refractivity (Wildman–Crippen MR) is 82.3 cm³/mol. The molecule has 7 heteroatoms. The van der Waals surface area contributed by atoms with Gasteiger partial charge in [0, 0.05) is 0 Å². The fourth-order valence-corrected chi connectivity index (χ4v) is 1.70. The number of hydrogen-bond acceptors (Lipinski definition) is 4. The molecule has 0 aromatic heterocycles. The molecule has 0 radical (unpaired) electrons. The molecule has 0 unspecified atom stereocenters. The Morgan fingerprint density at radius 3 is 2.26 bits per heavy atom. The van der Waals surface area contributed by atoms with E-state index in [1.165, 1.54) is 17.5 Å². The van der Waals surface area contributed by atoms with Crippen LogP contribution in [0.1, 0.15) is 37.3 Å². The van der Waals surface area contributed by atoms with Gasteiger partial charge >= 0.3 is 18.0 Å². The van der Waals surface area contributed by atoms with Crippen LogP contribution < -0.4 is 5.32 Å². The molecule has 0 bridgehead atoms. The second-order valence-electron chi connectivity index (χ2n) is 5.07. The zero-order valence-corrected chi connectivity index (χ0v) is 12.9. The van der Waals surface area contributed by atoms with Crippen LogP contribution in [0.15, 0.2) is 24.3 Å². The molecule has 0 saturated carbocycles. The van der Waals surface area contributed by atoms with Crippen LogP contribution in [0.2, 0.25) is 0 Å². The van der Waals surface area contributed by atoms with Crippen molar-refractivity contribution in [1.82, 2.24) is 5.32 Å². The normalized spacial score (nSPS) is 12.0. The zero-order valence-electron chi connectivity index (χ0n) is 12.9. The van der Waals surface area contributed by atoms with E-state index in [1.807, 2.05) is 12.2 Å². The summed E-state index contributed by atoms with van der Waals surface area (Å²) in [6.07, 6.45) is 1.15. The number of carbonyl (C=O) groups excluding carboxylic acids is 1. The lowest BCUT2D eigenvalue weighted by molar-refractivity contribution is -0.145. The number of alkyl carbamates (subject to hydrolysis) is 1. The van der Waals surface area contributed by atoms with Crippen LogP contribution in [-0.4, -0.2) is 40.9 Å². The molecule has 0 saturated heterocycles. The second-order valence-corrected chi connectivity index (χ2v) is 5.07. The number of hydrogen-bond donors (Lipinski definition) is 3. The smallest absolute Gasteiger partial charge is 0.407 e. The van der Waals surface area contributed by atoms with Gasteiger partial charge in [-0.1, -0.05) is 37.6 Å². The quantitative estimate of drug-likeness (QED) is 0.672. The van der Waals surface area contributed by atoms with E-state index in [9.17, 15) is 14.4 Å². The lowest BCUT2D eigenvalue weighted by atomic mass is 10.2. The minimum atomic E-state index is -1.47. The highest BCUT2D eigenvalue weighted by molar-refractivity contribution is 5.84. The Morgan fingerprint density at radius 2 is 1.83 bits per heavy atom. The van der Waals surface area contributed by atoms with Crippen molar-refractivity contribution in [3.63, 3.8) is 0 Å². The molecule has 1 aliphatic carbocycles. The number of carbonyl (C=O) groups is 3. The molecule has 1 atom stereocenters. The van der Waals surface area contributed by atoms with Crippen molar-refractivity contribution in [2.45, 2.75) is 38.6 Å². The summed E-state index contributed by atoms with van der Waals surface area (Å²) >= 11 is 0. The van der Waals surface area contributed by atoms with E-state index in [2.05, 4.69) is 29.0 Å². The predicted octanol–water partition coefficient (Wildman–Crippen LogP) is 2.03. The number of rotatable bonds is 7. The van der Waals surface area contributed by atoms with Crippen molar-refractivity contribution in [3.8, 4) is 0 Å². The van der Waals surface area contributed by atoms with Gasteiger partial charge in [0.05, 0.1) is 13.0 Å². The van der Waals surface area contributed by atoms with Gasteiger partial charge < -0.3 is 20.3 Å². The molecule has 0 heterocycles. The maximum absolute atomic E-state index is 11.0. The van der Waals surface area contributed by atoms with Crippen molar-refractivity contribution in [3.05, 3.63) is 35.4 Å². The number of carboxylic acid groups (broad SMARTS) is 2. The Balaban J connectivity index is 0.000000304. The lowest BCUT2D eigenvalue weighted by Crippen LogP contribution is -2.42. The van der Waals surface area contributed by atoms with Gasteiger partial charge in [0.25, 0.3) is 0 Å². The summed E-state index contributed by atoms with van der Waals surface area (Å²) in [5.74, 6) is -2.71. The van der Waals surface area contributed by atoms with Gasteiger partial charge in [-0.2, -0.15) is 0 Å². The maximum atomic E-state index is 11.0. The molecule has 3 N–H and O–H groups in total. The minimum absolute atomic E-state index is 0.182. The fraction of sp³-hybridized carbons (Fsp3) is 0.438. The molecule has 23 heavy (non-hydrogen) atoms. The molecular weight excluding hydrogens is 302 g/mol. The number of carboxylic acids is 2. The number of aliphatic carboxylic acids is 2. The Hall–Kier alpha value is -2.57. The van der Waals surface area contributed by atoms with Gasteiger partial charge in [0.15, 0.2) is 0 Å². The molecule has 0 fully saturated rings. The Labute approximate surface area is 134 Å². The van der Waals surface area contributed by atoms with Crippen molar-refractivity contribution in [2.24, 2.45) is 0 Å². The lowest BCUT2D eigenvalue weighted by Gasteiger charge is -2.12. The number of fused-ring (bicyclic) bond motifs is 1. The van der Waals surface area contributed by atoms with E-state index in [-0.39, 0.29) is 6.61 Å². The van der Waals surface area contributed by atoms with E-state index >= 15 is 0 Å². The van der Waals surface area contributed by atoms with E-state index < -0.39 is 30.5 Å². The molecule has 1 aromatic rings. The first-order chi connectivity index (χ1) is 10.9. The first-order valence-corrected chi connectivity index (χ1v) is 7.38. The highest BCUT2D eigenvalue weighted by Gasteiger charge is 2.23. The SMILES string of the molecule is CCCCOC(=O)N[C@@H](CC(=O)O)C(=O)O.c1ccc2c(c1)C2. The van der Waals surface area contributed by atoms with Crippen LogP contribution in [-0.2, 0) is 20.7 Å². The third-order valence-corrected chi connectivity index (χ3v) is 3.07. The van der Waals surface area contributed by atoms with Gasteiger partial charge in [0.1, 0.15) is 6.04 Å². The summed E-state index contributed by atoms with van der Waals surface area (Å²) in [5, 5.41) is 19.0. The number of amides is 1. The molecular formula is C16H21NO6. The zero-order chi connectivity index (χ0) is 17.2. The van der Waals surface area contributed by atoms with Crippen LogP contribution in [0.3, 0.4) is 0 Å². The largest absolute Gasteiger partial charge is 0.481 e. The van der Waals surface area contributed by atoms with E-state index in [0.29, 0.717) is 6.42 Å². The molecule has 126 valence electrons. The molecule has 0 aliphatic heterocycles. The summed E-state index contributed by atoms with van der Waals surface area (Å²) in [7, 11) is 0. The van der Waals surface area contributed by atoms with Gasteiger partial charge in [0.2, 0.25) is 0 Å². The van der Waals surface area contributed by atoms with E-state index in [1.54, 1.807) is 0 Å². The first-order valence-electron chi connectivity index (χ1n) is 7.38. The number of unbranched alkanes of at least 4 members (excludes halogenated alkanes) is 1. The summed E-state index contributed by atoms with van der Waals surface area (Å²) in [6.45, 7) is 2.09. The van der Waals surface area contributed by atoms with Crippen molar-refractivity contribution >= 4 is 18.0 Å². The average molecular weight is 323 g/mol. The van der Waals surface area contributed by atoms with E-state index in [0.717, 1.165) is 6.42 Å². The molecule has 7 nitrogen and oxygen atoms in total. The molecule has 1 amide bonds. The Morgan fingerprint density at radius 1 is 1.22 bits per heavy atom. The van der Waals surface area contributed by atoms with Gasteiger partial charge in [-0.3, -0.25) is 4.79 Å². The monoisotopic (exact) mass is 323 g/mol. The topological polar surface area (TPSA) is 113 Å². The summed E-state index contributed by atoms with van der Waals surface area (Å²) in [6, 6.07) is 7.06. The van der Waals surface area contributed by atoms with Crippen LogP contribution >= 0.6 is 0 Å². The number of ether oxygens (including phenoxy) is 1. The maximum Gasteiger partial charge on any atom is 0.407 e. The first kappa shape index (κ1) is 18.5. The third-order valence-electron chi connectivity index (χ3n) is 3.07. The molecule has 2 rings (SSSR count). The number of nitrogens with one attached hydrogen (secondary N) is 1. The second kappa shape index (κ2) is 9.45. The van der Waals surface area contributed by atoms with Crippen molar-refractivity contribution in [2.75, 3.05) is 6.61 Å². The fourth-order valence-electron chi connectivity index (χ4n) is 1.70. The van der Waals surface area contributed by atoms with Crippen LogP contribution in [0.25, 0.3) is 0 Å². The van der Waals surface area contributed by atoms with Crippen LogP contribution in [0, 0.1) is 0 Å². The van der Waals surface area contributed by atoms with Gasteiger partial charge in [-0.15, -0.1) is 0 Å². The highest BCUT2D eigenvalue weighted by Crippen LogP contribution is 2.25. The molecule has 1 aliphatic rings. The van der Waals surface area contributed by atoms with Gasteiger partial charge in [-0.05, 0) is 24.0 Å². The third kappa shape index (κ3) is 7.85. The molecule has 1 aromatic carbocycles. The summed E-state index contributed by atoms with van der Waals surface area (Å²) < 4.78 is 4.64. The van der Waals surface area contributed by atoms with Gasteiger partial charge in [-0.25, -0.2) is 9.59 Å². The summed E-state index contributed by atoms with van der Waals surface area (Å²) in [5.41, 5.74) is 3.06. The standard InChI is InChI=1S/C9H15NO6.C7H6/c1-2-3-4-16-9(15)10-6(8(13)14)5-7(11)12;1-2-4-7-5-6(7)3-1/h6H,2-5H2,1H3,(H,10,15)(H,11,12)(H,13,14);1-4H,5H2/t6-;/m0./s1. The highest BCUT2D eigenvalue weighted by atomic mass is 16.5. The summed E-state index contributed by atoms with van der Waals surface area (Å²) in [4.78, 5) is 31.9. The van der Waals surface area contributed by atoms with E-state index in [4.69, 9.17) is 10.2 Å². The van der Waals surface area contributed by atoms with Crippen LogP contribution in [0.4, 0.5) is 4.79 Å². The molecule has 0 spiro atoms. The number of benzene rings is 1. The minimum Gasteiger partial charge on any atom is -0.481 e. The van der Waals surface area contributed by atoms with Crippen molar-refractivity contribution < 1.29 is 29.3 Å². The Bertz CT molecular complexity index is 536.